The van der Waals surface area contributed by atoms with Crippen LogP contribution in [0, 0.1) is 11.6 Å². The minimum absolute atomic E-state index is 0.125. The lowest BCUT2D eigenvalue weighted by Crippen LogP contribution is -2.13. The van der Waals surface area contributed by atoms with Crippen LogP contribution in [-0.2, 0) is 12.8 Å². The number of benzene rings is 1. The van der Waals surface area contributed by atoms with Crippen molar-refractivity contribution in [3.63, 3.8) is 0 Å². The molecule has 70 valence electrons. The Balaban J connectivity index is 2.48. The molecule has 0 saturated carbocycles. The van der Waals surface area contributed by atoms with Gasteiger partial charge in [-0.05, 0) is 43.0 Å². The smallest absolute Gasteiger partial charge is 0.159 e. The number of halogens is 3. The van der Waals surface area contributed by atoms with Crippen LogP contribution in [0.25, 0.3) is 0 Å². The van der Waals surface area contributed by atoms with E-state index in [0.29, 0.717) is 0 Å². The summed E-state index contributed by atoms with van der Waals surface area (Å²) in [6, 6.07) is 2.66. The Morgan fingerprint density at radius 1 is 1.15 bits per heavy atom. The first-order chi connectivity index (χ1) is 5.98. The molecule has 0 amide bonds. The van der Waals surface area contributed by atoms with Crippen molar-refractivity contribution < 1.29 is 8.78 Å². The maximum Gasteiger partial charge on any atom is 0.159 e. The number of alkyl halides is 1. The molecular formula is C10H9F2I. The number of hydrogen-bond acceptors (Lipinski definition) is 0. The number of fused-ring (bicyclic) bond motifs is 1. The fraction of sp³-hybridized carbons (Fsp3) is 0.400. The van der Waals surface area contributed by atoms with Crippen molar-refractivity contribution in [1.82, 2.24) is 0 Å². The van der Waals surface area contributed by atoms with Crippen molar-refractivity contribution in [2.75, 3.05) is 0 Å². The zero-order chi connectivity index (χ0) is 9.64. The maximum absolute atomic E-state index is 12.8. The molecule has 0 nitrogen and oxygen atoms in total. The molecule has 0 bridgehead atoms. The van der Waals surface area contributed by atoms with Crippen LogP contribution < -0.4 is 0 Å². The molecule has 0 heterocycles. The van der Waals surface area contributed by atoms with E-state index in [2.05, 4.69) is 29.5 Å². The molecule has 0 saturated heterocycles. The van der Waals surface area contributed by atoms with Crippen LogP contribution >= 0.6 is 22.6 Å². The molecule has 0 unspecified atom stereocenters. The summed E-state index contributed by atoms with van der Waals surface area (Å²) < 4.78 is 25.8. The van der Waals surface area contributed by atoms with Crippen molar-refractivity contribution >= 4 is 22.6 Å². The highest BCUT2D eigenvalue weighted by Crippen LogP contribution is 2.37. The van der Waals surface area contributed by atoms with Gasteiger partial charge in [-0.25, -0.2) is 8.78 Å². The molecule has 0 fully saturated rings. The topological polar surface area (TPSA) is 0 Å². The Morgan fingerprint density at radius 2 is 1.54 bits per heavy atom. The minimum Gasteiger partial charge on any atom is -0.204 e. The van der Waals surface area contributed by atoms with Crippen LogP contribution in [0.2, 0.25) is 0 Å². The predicted octanol–water partition coefficient (Wildman–Crippen LogP) is 3.26. The molecule has 13 heavy (non-hydrogen) atoms. The highest BCUT2D eigenvalue weighted by Gasteiger charge is 2.30. The highest BCUT2D eigenvalue weighted by atomic mass is 127. The summed E-state index contributed by atoms with van der Waals surface area (Å²) >= 11 is 2.34. The van der Waals surface area contributed by atoms with Crippen LogP contribution in [0.4, 0.5) is 8.78 Å². The first-order valence-corrected chi connectivity index (χ1v) is 5.21. The van der Waals surface area contributed by atoms with E-state index in [0.717, 1.165) is 24.0 Å². The quantitative estimate of drug-likeness (QED) is 0.509. The summed E-state index contributed by atoms with van der Waals surface area (Å²) in [5, 5.41) is 0. The molecule has 0 spiro atoms. The summed E-state index contributed by atoms with van der Waals surface area (Å²) in [6.45, 7) is 2.10. The van der Waals surface area contributed by atoms with Gasteiger partial charge in [-0.2, -0.15) is 0 Å². The van der Waals surface area contributed by atoms with Crippen LogP contribution in [-0.4, -0.2) is 3.42 Å². The van der Waals surface area contributed by atoms with Gasteiger partial charge in [0.2, 0.25) is 0 Å². The Morgan fingerprint density at radius 3 is 1.92 bits per heavy atom. The van der Waals surface area contributed by atoms with Crippen molar-refractivity contribution in [2.24, 2.45) is 0 Å². The lowest BCUT2D eigenvalue weighted by molar-refractivity contribution is 0.507. The first-order valence-electron chi connectivity index (χ1n) is 4.14. The standard InChI is InChI=1S/C10H9F2I/c1-10(13)4-6-2-8(11)9(12)3-7(6)5-10/h2-3H,4-5H2,1H3. The fourth-order valence-corrected chi connectivity index (χ4v) is 2.64. The molecule has 0 radical (unpaired) electrons. The molecule has 1 aliphatic carbocycles. The molecule has 0 N–H and O–H groups in total. The summed E-state index contributed by atoms with van der Waals surface area (Å²) in [5.74, 6) is -1.46. The van der Waals surface area contributed by atoms with E-state index >= 15 is 0 Å². The van der Waals surface area contributed by atoms with Crippen LogP contribution in [0.3, 0.4) is 0 Å². The van der Waals surface area contributed by atoms with Crippen LogP contribution in [0.15, 0.2) is 12.1 Å². The summed E-state index contributed by atoms with van der Waals surface area (Å²) in [7, 11) is 0. The van der Waals surface area contributed by atoms with Crippen molar-refractivity contribution in [3.8, 4) is 0 Å². The largest absolute Gasteiger partial charge is 0.204 e. The van der Waals surface area contributed by atoms with Gasteiger partial charge < -0.3 is 0 Å². The molecule has 1 aliphatic rings. The van der Waals surface area contributed by atoms with Gasteiger partial charge in [-0.15, -0.1) is 0 Å². The Hall–Kier alpha value is -0.190. The van der Waals surface area contributed by atoms with E-state index in [1.54, 1.807) is 0 Å². The third kappa shape index (κ3) is 1.71. The average Bonchev–Trinajstić information content (AvgIpc) is 2.24. The van der Waals surface area contributed by atoms with E-state index in [1.165, 1.54) is 12.1 Å². The SMILES string of the molecule is CC1(I)Cc2cc(F)c(F)cc2C1. The van der Waals surface area contributed by atoms with E-state index in [9.17, 15) is 8.78 Å². The van der Waals surface area contributed by atoms with E-state index in [1.807, 2.05) is 0 Å². The monoisotopic (exact) mass is 294 g/mol. The molecule has 1 aromatic carbocycles. The van der Waals surface area contributed by atoms with Gasteiger partial charge >= 0.3 is 0 Å². The second kappa shape index (κ2) is 2.90. The summed E-state index contributed by atoms with van der Waals surface area (Å²) in [6.07, 6.45) is 1.67. The number of rotatable bonds is 0. The average molecular weight is 294 g/mol. The molecule has 0 aliphatic heterocycles. The third-order valence-electron chi connectivity index (χ3n) is 2.36. The zero-order valence-electron chi connectivity index (χ0n) is 7.20. The van der Waals surface area contributed by atoms with E-state index in [4.69, 9.17) is 0 Å². The van der Waals surface area contributed by atoms with Gasteiger partial charge in [-0.1, -0.05) is 22.6 Å². The van der Waals surface area contributed by atoms with Gasteiger partial charge in [0.25, 0.3) is 0 Å². The second-order valence-corrected chi connectivity index (χ2v) is 6.41. The van der Waals surface area contributed by atoms with Crippen LogP contribution in [0.5, 0.6) is 0 Å². The van der Waals surface area contributed by atoms with E-state index < -0.39 is 11.6 Å². The van der Waals surface area contributed by atoms with Crippen LogP contribution in [0.1, 0.15) is 18.1 Å². The molecular weight excluding hydrogens is 285 g/mol. The molecule has 0 aromatic heterocycles. The predicted molar refractivity (Wildman–Crippen MR) is 56.2 cm³/mol. The van der Waals surface area contributed by atoms with Crippen molar-refractivity contribution in [3.05, 3.63) is 34.9 Å². The summed E-state index contributed by atoms with van der Waals surface area (Å²) in [5.41, 5.74) is 1.91. The van der Waals surface area contributed by atoms with Crippen molar-refractivity contribution in [1.29, 1.82) is 0 Å². The Bertz CT molecular complexity index is 325. The van der Waals surface area contributed by atoms with Crippen molar-refractivity contribution in [2.45, 2.75) is 23.2 Å². The third-order valence-corrected chi connectivity index (χ3v) is 3.12. The Labute approximate surface area is 89.5 Å². The molecule has 0 atom stereocenters. The van der Waals surface area contributed by atoms with Gasteiger partial charge in [0.05, 0.1) is 0 Å². The summed E-state index contributed by atoms with van der Waals surface area (Å²) in [4.78, 5) is 0. The number of hydrogen-bond donors (Lipinski definition) is 0. The zero-order valence-corrected chi connectivity index (χ0v) is 9.36. The highest BCUT2D eigenvalue weighted by molar-refractivity contribution is 14.1. The van der Waals surface area contributed by atoms with Gasteiger partial charge in [-0.3, -0.25) is 0 Å². The van der Waals surface area contributed by atoms with Gasteiger partial charge in [0.1, 0.15) is 0 Å². The second-order valence-electron chi connectivity index (χ2n) is 3.80. The van der Waals surface area contributed by atoms with Gasteiger partial charge in [0.15, 0.2) is 11.6 Å². The lowest BCUT2D eigenvalue weighted by Gasteiger charge is -2.12. The normalized spacial score (nSPS) is 18.8. The lowest BCUT2D eigenvalue weighted by atomic mass is 10.1. The van der Waals surface area contributed by atoms with Gasteiger partial charge in [0, 0.05) is 3.42 Å². The van der Waals surface area contributed by atoms with E-state index in [-0.39, 0.29) is 3.42 Å². The minimum atomic E-state index is -0.729. The molecule has 3 heteroatoms. The molecule has 2 rings (SSSR count). The Kier molecular flexibility index (Phi) is 2.09. The molecule has 1 aromatic rings. The fourth-order valence-electron chi connectivity index (χ4n) is 1.82. The first kappa shape index (κ1) is 9.37. The maximum atomic E-state index is 12.8.